The Morgan fingerprint density at radius 3 is 2.73 bits per heavy atom. The smallest absolute Gasteiger partial charge is 0.151 e. The van der Waals surface area contributed by atoms with Gasteiger partial charge in [-0.05, 0) is 13.3 Å². The summed E-state index contributed by atoms with van der Waals surface area (Å²) >= 11 is 0. The number of hydrogen-bond acceptors (Lipinski definition) is 4. The summed E-state index contributed by atoms with van der Waals surface area (Å²) in [6.07, 6.45) is 0.723. The molecule has 1 atom stereocenters. The van der Waals surface area contributed by atoms with Crippen LogP contribution in [0.3, 0.4) is 0 Å². The molecule has 0 saturated carbocycles. The van der Waals surface area contributed by atoms with Gasteiger partial charge in [-0.25, -0.2) is 8.42 Å². The molecule has 0 aromatic heterocycles. The Hall–Kier alpha value is -0.130. The zero-order valence-electron chi connectivity index (χ0n) is 9.70. The fourth-order valence-corrected chi connectivity index (χ4v) is 3.26. The molecule has 1 saturated heterocycles. The van der Waals surface area contributed by atoms with E-state index < -0.39 is 9.84 Å². The second-order valence-corrected chi connectivity index (χ2v) is 6.61. The monoisotopic (exact) mass is 234 g/mol. The summed E-state index contributed by atoms with van der Waals surface area (Å²) in [5.74, 6) is 0.641. The lowest BCUT2D eigenvalue weighted by Crippen LogP contribution is -2.50. The van der Waals surface area contributed by atoms with Gasteiger partial charge in [0.15, 0.2) is 9.84 Å². The van der Waals surface area contributed by atoms with Gasteiger partial charge in [0.25, 0.3) is 0 Å². The van der Waals surface area contributed by atoms with E-state index in [1.807, 2.05) is 6.92 Å². The summed E-state index contributed by atoms with van der Waals surface area (Å²) in [6.45, 7) is 7.62. The summed E-state index contributed by atoms with van der Waals surface area (Å²) < 4.78 is 23.0. The largest absolute Gasteiger partial charge is 0.312 e. The molecule has 1 unspecified atom stereocenters. The summed E-state index contributed by atoms with van der Waals surface area (Å²) in [7, 11) is -2.81. The predicted octanol–water partition coefficient (Wildman–Crippen LogP) is 0.105. The normalized spacial score (nSPS) is 24.3. The minimum Gasteiger partial charge on any atom is -0.312 e. The minimum absolute atomic E-state index is 0.313. The first-order chi connectivity index (χ1) is 7.03. The Labute approximate surface area is 93.0 Å². The molecule has 1 aliphatic heterocycles. The first-order valence-electron chi connectivity index (χ1n) is 5.69. The number of hydrogen-bond donors (Lipinski definition) is 1. The van der Waals surface area contributed by atoms with Crippen LogP contribution in [0.2, 0.25) is 0 Å². The van der Waals surface area contributed by atoms with E-state index in [2.05, 4.69) is 17.1 Å². The van der Waals surface area contributed by atoms with Crippen LogP contribution in [0.25, 0.3) is 0 Å². The van der Waals surface area contributed by atoms with Crippen molar-refractivity contribution >= 4 is 9.84 Å². The first-order valence-corrected chi connectivity index (χ1v) is 7.52. The van der Waals surface area contributed by atoms with Gasteiger partial charge >= 0.3 is 0 Å². The Bertz CT molecular complexity index is 277. The van der Waals surface area contributed by atoms with Crippen LogP contribution in [0.1, 0.15) is 20.3 Å². The van der Waals surface area contributed by atoms with Crippen molar-refractivity contribution in [1.29, 1.82) is 0 Å². The van der Waals surface area contributed by atoms with Crippen LogP contribution in [-0.4, -0.2) is 57.0 Å². The van der Waals surface area contributed by atoms with Crippen LogP contribution in [0.15, 0.2) is 0 Å². The second-order valence-electron chi connectivity index (χ2n) is 4.31. The Balaban J connectivity index is 2.30. The average Bonchev–Trinajstić information content (AvgIpc) is 2.15. The van der Waals surface area contributed by atoms with Crippen LogP contribution < -0.4 is 5.32 Å². The van der Waals surface area contributed by atoms with Crippen molar-refractivity contribution in [3.8, 4) is 0 Å². The van der Waals surface area contributed by atoms with Crippen molar-refractivity contribution < 1.29 is 8.42 Å². The van der Waals surface area contributed by atoms with E-state index in [1.54, 1.807) is 0 Å². The molecule has 15 heavy (non-hydrogen) atoms. The van der Waals surface area contributed by atoms with Crippen molar-refractivity contribution in [2.24, 2.45) is 0 Å². The highest BCUT2D eigenvalue weighted by Crippen LogP contribution is 2.01. The van der Waals surface area contributed by atoms with Crippen molar-refractivity contribution in [1.82, 2.24) is 10.2 Å². The molecule has 4 nitrogen and oxygen atoms in total. The Morgan fingerprint density at radius 1 is 1.40 bits per heavy atom. The Kier molecular flexibility index (Phi) is 5.02. The lowest BCUT2D eigenvalue weighted by molar-refractivity contribution is 0.217. The van der Waals surface area contributed by atoms with E-state index in [0.29, 0.717) is 24.1 Å². The molecule has 0 aromatic rings. The molecule has 1 heterocycles. The highest BCUT2D eigenvalue weighted by Gasteiger charge is 2.17. The molecule has 1 rings (SSSR count). The van der Waals surface area contributed by atoms with Crippen molar-refractivity contribution in [3.05, 3.63) is 0 Å². The number of nitrogens with zero attached hydrogens (tertiary/aromatic N) is 1. The quantitative estimate of drug-likeness (QED) is 0.733. The maximum absolute atomic E-state index is 11.5. The topological polar surface area (TPSA) is 49.4 Å². The summed E-state index contributed by atoms with van der Waals surface area (Å²) in [5.41, 5.74) is 0. The zero-order valence-corrected chi connectivity index (χ0v) is 10.5. The maximum atomic E-state index is 11.5. The highest BCUT2D eigenvalue weighted by atomic mass is 32.2. The van der Waals surface area contributed by atoms with Gasteiger partial charge < -0.3 is 5.32 Å². The van der Waals surface area contributed by atoms with Gasteiger partial charge in [-0.1, -0.05) is 6.92 Å². The van der Waals surface area contributed by atoms with Crippen LogP contribution >= 0.6 is 0 Å². The van der Waals surface area contributed by atoms with Gasteiger partial charge in [-0.3, -0.25) is 4.90 Å². The van der Waals surface area contributed by atoms with Crippen LogP contribution in [0.5, 0.6) is 0 Å². The molecule has 0 aliphatic carbocycles. The molecule has 0 spiro atoms. The Morgan fingerprint density at radius 2 is 2.13 bits per heavy atom. The first kappa shape index (κ1) is 12.9. The van der Waals surface area contributed by atoms with Crippen molar-refractivity contribution in [3.63, 3.8) is 0 Å². The third-order valence-electron chi connectivity index (χ3n) is 2.69. The minimum atomic E-state index is -2.81. The van der Waals surface area contributed by atoms with Gasteiger partial charge in [-0.15, -0.1) is 0 Å². The third kappa shape index (κ3) is 4.95. The van der Waals surface area contributed by atoms with Crippen molar-refractivity contribution in [2.45, 2.75) is 26.3 Å². The molecule has 90 valence electrons. The van der Waals surface area contributed by atoms with E-state index in [4.69, 9.17) is 0 Å². The van der Waals surface area contributed by atoms with E-state index >= 15 is 0 Å². The average molecular weight is 234 g/mol. The molecule has 5 heteroatoms. The molecular weight excluding hydrogens is 212 g/mol. The lowest BCUT2D eigenvalue weighted by atomic mass is 10.2. The number of piperazine rings is 1. The lowest BCUT2D eigenvalue weighted by Gasteiger charge is -2.31. The molecule has 0 aromatic carbocycles. The van der Waals surface area contributed by atoms with Gasteiger partial charge in [0.1, 0.15) is 0 Å². The fourth-order valence-electron chi connectivity index (χ4n) is 1.90. The van der Waals surface area contributed by atoms with Gasteiger partial charge in [0.05, 0.1) is 5.75 Å². The van der Waals surface area contributed by atoms with Gasteiger partial charge in [-0.2, -0.15) is 0 Å². The van der Waals surface area contributed by atoms with Gasteiger partial charge in [0.2, 0.25) is 0 Å². The standard InChI is InChI=1S/C10H22N2O2S/c1-3-7-15(13,14)8-6-12-5-4-11-10(2)9-12/h10-11H,3-9H2,1-2H3. The summed E-state index contributed by atoms with van der Waals surface area (Å²) in [4.78, 5) is 2.23. The second kappa shape index (κ2) is 5.82. The van der Waals surface area contributed by atoms with Crippen LogP contribution in [0.4, 0.5) is 0 Å². The van der Waals surface area contributed by atoms with E-state index in [1.165, 1.54) is 0 Å². The van der Waals surface area contributed by atoms with Crippen molar-refractivity contribution in [2.75, 3.05) is 37.7 Å². The van der Waals surface area contributed by atoms with E-state index in [0.717, 1.165) is 26.1 Å². The predicted molar refractivity (Wildman–Crippen MR) is 62.8 cm³/mol. The maximum Gasteiger partial charge on any atom is 0.151 e. The van der Waals surface area contributed by atoms with Crippen LogP contribution in [-0.2, 0) is 9.84 Å². The zero-order chi connectivity index (χ0) is 11.3. The SMILES string of the molecule is CCCS(=O)(=O)CCN1CCNC(C)C1. The fraction of sp³-hybridized carbons (Fsp3) is 1.00. The number of rotatable bonds is 5. The number of sulfone groups is 1. The summed E-state index contributed by atoms with van der Waals surface area (Å²) in [5, 5.41) is 3.34. The molecule has 1 N–H and O–H groups in total. The highest BCUT2D eigenvalue weighted by molar-refractivity contribution is 7.91. The molecule has 0 radical (unpaired) electrons. The molecule has 0 bridgehead atoms. The third-order valence-corrected chi connectivity index (χ3v) is 4.52. The van der Waals surface area contributed by atoms with E-state index in [9.17, 15) is 8.42 Å². The van der Waals surface area contributed by atoms with E-state index in [-0.39, 0.29) is 0 Å². The number of nitrogens with one attached hydrogen (secondary N) is 1. The molecule has 0 amide bonds. The van der Waals surface area contributed by atoms with Gasteiger partial charge in [0, 0.05) is 38.0 Å². The van der Waals surface area contributed by atoms with Crippen LogP contribution in [0, 0.1) is 0 Å². The summed E-state index contributed by atoms with van der Waals surface area (Å²) in [6, 6.07) is 0.479. The molecule has 1 fully saturated rings. The molecule has 1 aliphatic rings. The molecular formula is C10H22N2O2S.